The number of rotatable bonds is 0. The van der Waals surface area contributed by atoms with Crippen LogP contribution in [0.4, 0.5) is 4.39 Å². The van der Waals surface area contributed by atoms with Crippen molar-refractivity contribution in [3.05, 3.63) is 23.6 Å². The van der Waals surface area contributed by atoms with Gasteiger partial charge in [0.25, 0.3) is 0 Å². The number of aryl methyl sites for hydroxylation is 1. The average molecular weight is 152 g/mol. The Balaban J connectivity index is 2.91. The molecule has 56 valence electrons. The van der Waals surface area contributed by atoms with Gasteiger partial charge in [-0.3, -0.25) is 0 Å². The van der Waals surface area contributed by atoms with Crippen molar-refractivity contribution in [2.75, 3.05) is 0 Å². The maximum Gasteiger partial charge on any atom is 0.215 e. The van der Waals surface area contributed by atoms with E-state index >= 15 is 0 Å². The highest BCUT2D eigenvalue weighted by atomic mass is 19.1. The summed E-state index contributed by atoms with van der Waals surface area (Å²) in [6.07, 6.45) is 1.67. The SMILES string of the molecule is Cc1cc(F)c2nnnn2c1. The lowest BCUT2D eigenvalue weighted by atomic mass is 10.3. The van der Waals surface area contributed by atoms with E-state index in [1.807, 2.05) is 0 Å². The molecule has 0 atom stereocenters. The van der Waals surface area contributed by atoms with Gasteiger partial charge in [0, 0.05) is 6.20 Å². The van der Waals surface area contributed by atoms with Gasteiger partial charge in [0.1, 0.15) is 0 Å². The first-order valence-electron chi connectivity index (χ1n) is 3.11. The molecular weight excluding hydrogens is 147 g/mol. The quantitative estimate of drug-likeness (QED) is 0.554. The largest absolute Gasteiger partial charge is 0.215 e. The van der Waals surface area contributed by atoms with Crippen LogP contribution < -0.4 is 0 Å². The van der Waals surface area contributed by atoms with Crippen molar-refractivity contribution in [1.29, 1.82) is 0 Å². The number of tetrazole rings is 1. The van der Waals surface area contributed by atoms with E-state index in [9.17, 15) is 4.39 Å². The Labute approximate surface area is 61.6 Å². The standard InChI is InChI=1S/C6H5FN4/c1-4-2-5(7)6-8-9-10-11(6)3-4/h2-3H,1H3. The fourth-order valence-corrected chi connectivity index (χ4v) is 0.932. The summed E-state index contributed by atoms with van der Waals surface area (Å²) < 4.78 is 14.2. The number of fused-ring (bicyclic) bond motifs is 1. The molecule has 11 heavy (non-hydrogen) atoms. The monoisotopic (exact) mass is 152 g/mol. The normalized spacial score (nSPS) is 10.7. The van der Waals surface area contributed by atoms with Gasteiger partial charge in [0.05, 0.1) is 0 Å². The van der Waals surface area contributed by atoms with Gasteiger partial charge >= 0.3 is 0 Å². The van der Waals surface area contributed by atoms with Crippen molar-refractivity contribution in [3.8, 4) is 0 Å². The van der Waals surface area contributed by atoms with Crippen LogP contribution in [0, 0.1) is 12.7 Å². The van der Waals surface area contributed by atoms with E-state index in [4.69, 9.17) is 0 Å². The molecule has 5 heteroatoms. The predicted molar refractivity (Wildman–Crippen MR) is 35.5 cm³/mol. The van der Waals surface area contributed by atoms with E-state index in [-0.39, 0.29) is 5.65 Å². The summed E-state index contributed by atoms with van der Waals surface area (Å²) in [5.41, 5.74) is 0.956. The Kier molecular flexibility index (Phi) is 1.12. The van der Waals surface area contributed by atoms with Gasteiger partial charge in [0.15, 0.2) is 5.82 Å². The first-order chi connectivity index (χ1) is 5.27. The molecule has 0 saturated heterocycles. The van der Waals surface area contributed by atoms with Gasteiger partial charge in [-0.15, -0.1) is 5.10 Å². The molecule has 0 aliphatic carbocycles. The van der Waals surface area contributed by atoms with Crippen LogP contribution in [0.25, 0.3) is 5.65 Å². The number of halogens is 1. The minimum Gasteiger partial charge on any atom is -0.203 e. The highest BCUT2D eigenvalue weighted by molar-refractivity contribution is 5.38. The van der Waals surface area contributed by atoms with Crippen LogP contribution in [0.5, 0.6) is 0 Å². The molecule has 0 amide bonds. The molecule has 2 aromatic rings. The van der Waals surface area contributed by atoms with Crippen molar-refractivity contribution in [2.24, 2.45) is 0 Å². The first kappa shape index (κ1) is 6.21. The molecular formula is C6H5FN4. The summed E-state index contributed by atoms with van der Waals surface area (Å²) in [5.74, 6) is -0.394. The highest BCUT2D eigenvalue weighted by Crippen LogP contribution is 2.06. The second-order valence-corrected chi connectivity index (χ2v) is 2.31. The highest BCUT2D eigenvalue weighted by Gasteiger charge is 2.03. The van der Waals surface area contributed by atoms with Crippen molar-refractivity contribution >= 4 is 5.65 Å². The summed E-state index contributed by atoms with van der Waals surface area (Å²) >= 11 is 0. The van der Waals surface area contributed by atoms with Crippen molar-refractivity contribution in [1.82, 2.24) is 20.0 Å². The molecule has 0 spiro atoms. The third-order valence-corrected chi connectivity index (χ3v) is 1.39. The molecule has 2 heterocycles. The lowest BCUT2D eigenvalue weighted by molar-refractivity contribution is 0.626. The molecule has 2 aromatic heterocycles. The zero-order chi connectivity index (χ0) is 7.84. The van der Waals surface area contributed by atoms with Crippen LogP contribution in [0.15, 0.2) is 12.3 Å². The molecule has 0 radical (unpaired) electrons. The zero-order valence-corrected chi connectivity index (χ0v) is 5.82. The Morgan fingerprint density at radius 1 is 1.55 bits per heavy atom. The van der Waals surface area contributed by atoms with Crippen LogP contribution >= 0.6 is 0 Å². The van der Waals surface area contributed by atoms with Crippen LogP contribution in [-0.2, 0) is 0 Å². The molecule has 4 nitrogen and oxygen atoms in total. The van der Waals surface area contributed by atoms with Gasteiger partial charge in [-0.2, -0.15) is 4.52 Å². The van der Waals surface area contributed by atoms with Gasteiger partial charge in [-0.1, -0.05) is 0 Å². The molecule has 0 saturated carbocycles. The summed E-state index contributed by atoms with van der Waals surface area (Å²) in [4.78, 5) is 0. The lowest BCUT2D eigenvalue weighted by Gasteiger charge is -1.93. The molecule has 0 aliphatic heterocycles. The van der Waals surface area contributed by atoms with Gasteiger partial charge in [0.2, 0.25) is 5.65 Å². The minimum atomic E-state index is -0.394. The van der Waals surface area contributed by atoms with Gasteiger partial charge < -0.3 is 0 Å². The Morgan fingerprint density at radius 3 is 3.18 bits per heavy atom. The van der Waals surface area contributed by atoms with Crippen molar-refractivity contribution < 1.29 is 4.39 Å². The molecule has 0 unspecified atom stereocenters. The predicted octanol–water partition coefficient (Wildman–Crippen LogP) is 0.572. The molecule has 0 N–H and O–H groups in total. The van der Waals surface area contributed by atoms with E-state index in [0.29, 0.717) is 0 Å². The fraction of sp³-hybridized carbons (Fsp3) is 0.167. The molecule has 0 fully saturated rings. The van der Waals surface area contributed by atoms with E-state index in [0.717, 1.165) is 5.56 Å². The molecule has 0 aliphatic rings. The number of pyridine rings is 1. The summed E-state index contributed by atoms with van der Waals surface area (Å²) in [6.45, 7) is 1.78. The second kappa shape index (κ2) is 1.98. The summed E-state index contributed by atoms with van der Waals surface area (Å²) in [7, 11) is 0. The number of nitrogens with zero attached hydrogens (tertiary/aromatic N) is 4. The summed E-state index contributed by atoms with van der Waals surface area (Å²) in [6, 6.07) is 1.39. The molecule has 2 rings (SSSR count). The van der Waals surface area contributed by atoms with Gasteiger partial charge in [-0.25, -0.2) is 4.39 Å². The fourth-order valence-electron chi connectivity index (χ4n) is 0.932. The maximum absolute atomic E-state index is 12.9. The van der Waals surface area contributed by atoms with Gasteiger partial charge in [-0.05, 0) is 29.0 Å². The first-order valence-corrected chi connectivity index (χ1v) is 3.11. The topological polar surface area (TPSA) is 43.1 Å². The third kappa shape index (κ3) is 0.849. The van der Waals surface area contributed by atoms with E-state index in [1.54, 1.807) is 13.1 Å². The smallest absolute Gasteiger partial charge is 0.203 e. The number of hydrogen-bond acceptors (Lipinski definition) is 3. The summed E-state index contributed by atoms with van der Waals surface area (Å²) in [5, 5.41) is 10.4. The van der Waals surface area contributed by atoms with Crippen LogP contribution in [0.2, 0.25) is 0 Å². The van der Waals surface area contributed by atoms with Crippen LogP contribution in [0.1, 0.15) is 5.56 Å². The van der Waals surface area contributed by atoms with Crippen LogP contribution in [-0.4, -0.2) is 20.0 Å². The lowest BCUT2D eigenvalue weighted by Crippen LogP contribution is -1.91. The van der Waals surface area contributed by atoms with Crippen molar-refractivity contribution in [2.45, 2.75) is 6.92 Å². The number of aromatic nitrogens is 4. The average Bonchev–Trinajstić information content (AvgIpc) is 2.34. The zero-order valence-electron chi connectivity index (χ0n) is 5.82. The third-order valence-electron chi connectivity index (χ3n) is 1.39. The Morgan fingerprint density at radius 2 is 2.36 bits per heavy atom. The second-order valence-electron chi connectivity index (χ2n) is 2.31. The van der Waals surface area contributed by atoms with E-state index in [1.165, 1.54) is 10.6 Å². The number of hydrogen-bond donors (Lipinski definition) is 0. The minimum absolute atomic E-state index is 0.163. The van der Waals surface area contributed by atoms with Crippen molar-refractivity contribution in [3.63, 3.8) is 0 Å². The maximum atomic E-state index is 12.9. The van der Waals surface area contributed by atoms with E-state index in [2.05, 4.69) is 15.5 Å². The molecule has 0 bridgehead atoms. The molecule has 0 aromatic carbocycles. The Bertz CT molecular complexity index is 394. The Hall–Kier alpha value is -1.52. The van der Waals surface area contributed by atoms with Crippen LogP contribution in [0.3, 0.4) is 0 Å². The van der Waals surface area contributed by atoms with E-state index < -0.39 is 5.82 Å².